The Morgan fingerprint density at radius 2 is 1.59 bits per heavy atom. The predicted molar refractivity (Wildman–Crippen MR) is 180 cm³/mol. The highest BCUT2D eigenvalue weighted by atomic mass is 16.5. The first-order valence-corrected chi connectivity index (χ1v) is 16.1. The van der Waals surface area contributed by atoms with Crippen molar-refractivity contribution >= 4 is 5.69 Å². The number of methoxy groups -OCH3 is 3. The Balaban J connectivity index is 1.40. The third-order valence-corrected chi connectivity index (χ3v) is 8.55. The van der Waals surface area contributed by atoms with Gasteiger partial charge < -0.3 is 28.7 Å². The Labute approximate surface area is 264 Å². The van der Waals surface area contributed by atoms with E-state index in [1.165, 1.54) is 40.8 Å². The fourth-order valence-corrected chi connectivity index (χ4v) is 6.23. The largest absolute Gasteiger partial charge is 0.497 e. The Morgan fingerprint density at radius 1 is 0.864 bits per heavy atom. The zero-order valence-electron chi connectivity index (χ0n) is 27.7. The van der Waals surface area contributed by atoms with Crippen LogP contribution in [0, 0.1) is 0 Å². The van der Waals surface area contributed by atoms with E-state index in [1.807, 2.05) is 0 Å². The smallest absolute Gasteiger partial charge is 0.185 e. The lowest BCUT2D eigenvalue weighted by molar-refractivity contribution is -0.00492. The maximum Gasteiger partial charge on any atom is 0.185 e. The Hall–Kier alpha value is -3.80. The number of piperidine rings is 1. The minimum Gasteiger partial charge on any atom is -0.497 e. The van der Waals surface area contributed by atoms with Crippen LogP contribution < -0.4 is 19.1 Å². The average Bonchev–Trinajstić information content (AvgIpc) is 3.88. The number of rotatable bonds is 12. The summed E-state index contributed by atoms with van der Waals surface area (Å²) >= 11 is 0. The van der Waals surface area contributed by atoms with Crippen molar-refractivity contribution < 1.29 is 18.9 Å². The van der Waals surface area contributed by atoms with Crippen molar-refractivity contribution in [2.75, 3.05) is 39.3 Å². The van der Waals surface area contributed by atoms with Crippen molar-refractivity contribution in [3.63, 3.8) is 0 Å². The summed E-state index contributed by atoms with van der Waals surface area (Å²) in [6.07, 6.45) is 7.71. The molecule has 44 heavy (non-hydrogen) atoms. The van der Waals surface area contributed by atoms with Crippen molar-refractivity contribution in [1.82, 2.24) is 4.90 Å². The molecule has 1 aliphatic heterocycles. The zero-order valence-corrected chi connectivity index (χ0v) is 27.7. The number of likely N-dealkylation sites (tertiary alicyclic amines) is 1. The van der Waals surface area contributed by atoms with E-state index in [1.54, 1.807) is 21.3 Å². The number of nitrogens with zero attached hydrogens (tertiary/aromatic N) is 2. The molecule has 0 atom stereocenters. The van der Waals surface area contributed by atoms with Gasteiger partial charge in [-0.1, -0.05) is 25.1 Å². The van der Waals surface area contributed by atoms with E-state index in [-0.39, 0.29) is 5.60 Å². The normalized spacial score (nSPS) is 16.1. The van der Waals surface area contributed by atoms with Gasteiger partial charge in [-0.25, -0.2) is 0 Å². The maximum absolute atomic E-state index is 6.38. The third kappa shape index (κ3) is 7.64. The lowest BCUT2D eigenvalue weighted by atomic mass is 9.97. The molecule has 1 heterocycles. The molecule has 3 aromatic carbocycles. The summed E-state index contributed by atoms with van der Waals surface area (Å²) in [6.45, 7) is 11.3. The van der Waals surface area contributed by atoms with Gasteiger partial charge in [0, 0.05) is 36.9 Å². The van der Waals surface area contributed by atoms with Gasteiger partial charge in [-0.2, -0.15) is 0 Å². The molecule has 0 aromatic heterocycles. The molecule has 5 rings (SSSR count). The molecule has 6 nitrogen and oxygen atoms in total. The highest BCUT2D eigenvalue weighted by Gasteiger charge is 2.30. The van der Waals surface area contributed by atoms with Crippen LogP contribution >= 0.6 is 0 Å². The molecule has 2 aliphatic rings. The van der Waals surface area contributed by atoms with Crippen molar-refractivity contribution in [2.45, 2.75) is 83.9 Å². The fraction of sp³-hybridized carbons (Fsp3) is 0.474. The molecule has 0 unspecified atom stereocenters. The van der Waals surface area contributed by atoms with Gasteiger partial charge in [-0.3, -0.25) is 0 Å². The van der Waals surface area contributed by atoms with E-state index in [0.717, 1.165) is 62.0 Å². The monoisotopic (exact) mass is 598 g/mol. The van der Waals surface area contributed by atoms with Gasteiger partial charge >= 0.3 is 0 Å². The van der Waals surface area contributed by atoms with Crippen molar-refractivity contribution in [2.24, 2.45) is 0 Å². The van der Waals surface area contributed by atoms with E-state index >= 15 is 0 Å². The van der Waals surface area contributed by atoms with Gasteiger partial charge in [0.2, 0.25) is 0 Å². The van der Waals surface area contributed by atoms with E-state index < -0.39 is 0 Å². The second kappa shape index (κ2) is 13.9. The van der Waals surface area contributed by atoms with Crippen LogP contribution in [0.25, 0.3) is 11.1 Å². The number of ether oxygens (including phenoxy) is 4. The van der Waals surface area contributed by atoms with Gasteiger partial charge in [0.1, 0.15) is 11.4 Å². The van der Waals surface area contributed by atoms with Gasteiger partial charge in [0.25, 0.3) is 0 Å². The SMILES string of the molecule is CC/C=C(\OC(C)(C)C)N1CCC(N(Cc2cccc(-c3cc(OC)c(OC)c(C4CC4)c3)c2)c2ccc(OC)cc2)CC1. The first kappa shape index (κ1) is 31.6. The Morgan fingerprint density at radius 3 is 2.18 bits per heavy atom. The highest BCUT2D eigenvalue weighted by molar-refractivity contribution is 5.71. The van der Waals surface area contributed by atoms with Crippen LogP contribution in [-0.2, 0) is 11.3 Å². The fourth-order valence-electron chi connectivity index (χ4n) is 6.23. The molecule has 0 N–H and O–H groups in total. The Kier molecular flexibility index (Phi) is 9.97. The van der Waals surface area contributed by atoms with Gasteiger partial charge in [0.05, 0.1) is 21.3 Å². The van der Waals surface area contributed by atoms with Crippen molar-refractivity contribution in [1.29, 1.82) is 0 Å². The Bertz CT molecular complexity index is 1410. The van der Waals surface area contributed by atoms with E-state index in [2.05, 4.69) is 104 Å². The topological polar surface area (TPSA) is 43.4 Å². The van der Waals surface area contributed by atoms with Crippen LogP contribution in [0.2, 0.25) is 0 Å². The second-order valence-electron chi connectivity index (χ2n) is 13.0. The molecular weight excluding hydrogens is 548 g/mol. The van der Waals surface area contributed by atoms with Gasteiger partial charge in [-0.15, -0.1) is 0 Å². The maximum atomic E-state index is 6.38. The number of hydrogen-bond donors (Lipinski definition) is 0. The van der Waals surface area contributed by atoms with E-state index in [9.17, 15) is 0 Å². The summed E-state index contributed by atoms with van der Waals surface area (Å²) in [5.74, 6) is 4.12. The van der Waals surface area contributed by atoms with E-state index in [4.69, 9.17) is 18.9 Å². The lowest BCUT2D eigenvalue weighted by Gasteiger charge is -2.42. The molecular formula is C38H50N2O4. The summed E-state index contributed by atoms with van der Waals surface area (Å²) in [5.41, 5.74) is 5.91. The van der Waals surface area contributed by atoms with Crippen LogP contribution in [-0.4, -0.2) is 51.0 Å². The minimum atomic E-state index is -0.217. The number of allylic oxidation sites excluding steroid dienone is 1. The minimum absolute atomic E-state index is 0.217. The molecule has 1 saturated carbocycles. The molecule has 2 fully saturated rings. The molecule has 0 bridgehead atoms. The van der Waals surface area contributed by atoms with E-state index in [0.29, 0.717) is 12.0 Å². The molecule has 6 heteroatoms. The van der Waals surface area contributed by atoms with Crippen LogP contribution in [0.5, 0.6) is 17.2 Å². The zero-order chi connectivity index (χ0) is 31.3. The summed E-state index contributed by atoms with van der Waals surface area (Å²) in [5, 5.41) is 0. The number of hydrogen-bond acceptors (Lipinski definition) is 6. The average molecular weight is 599 g/mol. The van der Waals surface area contributed by atoms with Crippen molar-refractivity contribution in [3.05, 3.63) is 83.7 Å². The number of benzene rings is 3. The summed E-state index contributed by atoms with van der Waals surface area (Å²) < 4.78 is 23.4. The second-order valence-corrected chi connectivity index (χ2v) is 13.0. The first-order valence-electron chi connectivity index (χ1n) is 16.1. The van der Waals surface area contributed by atoms with Gasteiger partial charge in [0.15, 0.2) is 17.4 Å². The summed E-state index contributed by atoms with van der Waals surface area (Å²) in [4.78, 5) is 5.00. The molecule has 0 amide bonds. The van der Waals surface area contributed by atoms with Crippen LogP contribution in [0.15, 0.2) is 72.6 Å². The summed E-state index contributed by atoms with van der Waals surface area (Å²) in [6, 6.07) is 22.3. The molecule has 0 spiro atoms. The summed E-state index contributed by atoms with van der Waals surface area (Å²) in [7, 11) is 5.18. The highest BCUT2D eigenvalue weighted by Crippen LogP contribution is 2.49. The predicted octanol–water partition coefficient (Wildman–Crippen LogP) is 8.79. The molecule has 1 aliphatic carbocycles. The molecule has 0 radical (unpaired) electrons. The quantitative estimate of drug-likeness (QED) is 0.194. The lowest BCUT2D eigenvalue weighted by Crippen LogP contribution is -2.45. The van der Waals surface area contributed by atoms with Crippen LogP contribution in [0.1, 0.15) is 76.8 Å². The molecule has 1 saturated heterocycles. The third-order valence-electron chi connectivity index (χ3n) is 8.55. The van der Waals surface area contributed by atoms with Crippen LogP contribution in [0.3, 0.4) is 0 Å². The molecule has 236 valence electrons. The van der Waals surface area contributed by atoms with Crippen LogP contribution in [0.4, 0.5) is 5.69 Å². The standard InChI is InChI=1S/C38H50N2O4/c1-8-10-36(44-38(2,3)4)39-21-19-32(20-22-39)40(31-15-17-33(41-5)18-16-31)26-27-11-9-12-29(23-27)30-24-34(28-13-14-28)37(43-7)35(25-30)42-6/h9-12,15-18,23-25,28,32H,8,13-14,19-22,26H2,1-7H3/b36-10-. The number of anilines is 1. The van der Waals surface area contributed by atoms with Crippen molar-refractivity contribution in [3.8, 4) is 28.4 Å². The molecule has 3 aromatic rings. The van der Waals surface area contributed by atoms with Gasteiger partial charge in [-0.05, 0) is 124 Å². The first-order chi connectivity index (χ1) is 21.2.